The lowest BCUT2D eigenvalue weighted by Crippen LogP contribution is -2.58. The summed E-state index contributed by atoms with van der Waals surface area (Å²) in [6, 6.07) is 4.35. The first-order chi connectivity index (χ1) is 20.9. The molecule has 4 amide bonds. The van der Waals surface area contributed by atoms with E-state index in [2.05, 4.69) is 34.8 Å². The Morgan fingerprint density at radius 3 is 2.55 bits per heavy atom. The topological polar surface area (TPSA) is 170 Å². The van der Waals surface area contributed by atoms with E-state index < -0.39 is 48.2 Å². The maximum atomic E-state index is 14.2. The van der Waals surface area contributed by atoms with Crippen molar-refractivity contribution in [3.8, 4) is 5.75 Å². The van der Waals surface area contributed by atoms with Crippen LogP contribution >= 0.6 is 0 Å². The number of benzene rings is 1. The van der Waals surface area contributed by atoms with E-state index in [4.69, 9.17) is 4.74 Å². The van der Waals surface area contributed by atoms with Gasteiger partial charge in [-0.3, -0.25) is 24.0 Å². The number of aliphatic hydroxyl groups excluding tert-OH is 1. The number of rotatable bonds is 12. The number of aliphatic hydroxyl groups is 1. The summed E-state index contributed by atoms with van der Waals surface area (Å²) < 4.78 is 5.41. The zero-order valence-corrected chi connectivity index (χ0v) is 25.9. The van der Waals surface area contributed by atoms with Crippen LogP contribution in [-0.2, 0) is 19.2 Å². The number of ketones is 1. The number of carbonyl (C=O) groups excluding carboxylic acids is 5. The molecule has 6 atom stereocenters. The Balaban J connectivity index is 1.36. The number of amides is 4. The van der Waals surface area contributed by atoms with E-state index in [0.29, 0.717) is 31.7 Å². The molecule has 2 aliphatic heterocycles. The summed E-state index contributed by atoms with van der Waals surface area (Å²) in [6.45, 7) is 8.11. The maximum Gasteiger partial charge on any atom is 0.268 e. The largest absolute Gasteiger partial charge is 0.496 e. The number of Topliss-reactive ketones (excluding diaryl/α,β-unsaturated/α-hetero) is 1. The molecule has 238 valence electrons. The first-order valence-corrected chi connectivity index (χ1v) is 15.4. The number of hydrogen-bond acceptors (Lipinski definition) is 7. The molecule has 0 bridgehead atoms. The number of likely N-dealkylation sites (tertiary alicyclic amines) is 1. The zero-order valence-electron chi connectivity index (χ0n) is 25.9. The van der Waals surface area contributed by atoms with Gasteiger partial charge < -0.3 is 35.7 Å². The minimum Gasteiger partial charge on any atom is -0.496 e. The molecule has 5 rings (SSSR count). The SMILES string of the molecule is COc1cccc2[nH]c(C(=O)NC(CC(C)C)C(=O)N3C[C@H]4[C@@H]([C@H]3C(=O)N[C@@H](C[C@@H]3CCNC3=O)C(=O)CO)C4(C)C)cc12. The molecule has 3 heterocycles. The highest BCUT2D eigenvalue weighted by molar-refractivity contribution is 6.02. The molecule has 44 heavy (non-hydrogen) atoms. The first-order valence-electron chi connectivity index (χ1n) is 15.4. The normalized spacial score (nSPS) is 24.9. The molecule has 12 heteroatoms. The number of ether oxygens (including phenoxy) is 1. The molecule has 3 fully saturated rings. The fraction of sp³-hybridized carbons (Fsp3) is 0.594. The molecule has 1 aromatic heterocycles. The van der Waals surface area contributed by atoms with Gasteiger partial charge in [0, 0.05) is 29.9 Å². The van der Waals surface area contributed by atoms with Gasteiger partial charge in [0.2, 0.25) is 17.7 Å². The molecule has 1 unspecified atom stereocenters. The Hall–Kier alpha value is -3.93. The predicted molar refractivity (Wildman–Crippen MR) is 162 cm³/mol. The summed E-state index contributed by atoms with van der Waals surface area (Å²) in [6.07, 6.45) is 0.978. The van der Waals surface area contributed by atoms with Gasteiger partial charge in [-0.1, -0.05) is 33.8 Å². The molecule has 12 nitrogen and oxygen atoms in total. The number of H-pyrrole nitrogens is 1. The summed E-state index contributed by atoms with van der Waals surface area (Å²) >= 11 is 0. The van der Waals surface area contributed by atoms with Crippen molar-refractivity contribution in [2.45, 2.75) is 65.1 Å². The van der Waals surface area contributed by atoms with E-state index in [-0.39, 0.29) is 47.1 Å². The molecular formula is C32H43N5O7. The number of aromatic nitrogens is 1. The third-order valence-electron chi connectivity index (χ3n) is 9.70. The van der Waals surface area contributed by atoms with Gasteiger partial charge in [0.1, 0.15) is 30.1 Å². The molecule has 1 saturated carbocycles. The molecule has 1 aromatic carbocycles. The van der Waals surface area contributed by atoms with Crippen molar-refractivity contribution in [1.29, 1.82) is 0 Å². The summed E-state index contributed by atoms with van der Waals surface area (Å²) in [7, 11) is 1.56. The van der Waals surface area contributed by atoms with E-state index in [1.807, 2.05) is 26.0 Å². The van der Waals surface area contributed by atoms with E-state index in [9.17, 15) is 29.1 Å². The number of hydrogen-bond donors (Lipinski definition) is 5. The first kappa shape index (κ1) is 31.5. The molecule has 1 aliphatic carbocycles. The number of carbonyl (C=O) groups is 5. The Bertz CT molecular complexity index is 1470. The summed E-state index contributed by atoms with van der Waals surface area (Å²) in [4.78, 5) is 70.9. The van der Waals surface area contributed by atoms with Crippen LogP contribution in [-0.4, -0.2) is 89.3 Å². The number of nitrogens with zero attached hydrogens (tertiary/aromatic N) is 1. The van der Waals surface area contributed by atoms with Crippen molar-refractivity contribution >= 4 is 40.3 Å². The quantitative estimate of drug-likeness (QED) is 0.242. The molecule has 2 aromatic rings. The van der Waals surface area contributed by atoms with Gasteiger partial charge in [0.15, 0.2) is 5.78 Å². The van der Waals surface area contributed by atoms with Crippen molar-refractivity contribution in [1.82, 2.24) is 25.8 Å². The van der Waals surface area contributed by atoms with Gasteiger partial charge in [-0.2, -0.15) is 0 Å². The molecule has 5 N–H and O–H groups in total. The van der Waals surface area contributed by atoms with Gasteiger partial charge in [0.05, 0.1) is 13.2 Å². The number of nitrogens with one attached hydrogen (secondary N) is 4. The van der Waals surface area contributed by atoms with E-state index in [1.165, 1.54) is 0 Å². The van der Waals surface area contributed by atoms with E-state index in [0.717, 1.165) is 10.9 Å². The molecule has 0 radical (unpaired) electrons. The standard InChI is InChI=1S/C32H43N5O7/c1-16(2)11-23(36-29(41)22-13-18-20(34-22)7-6-8-25(18)44-5)31(43)37-14-19-26(32(19,3)4)27(37)30(42)35-21(24(39)15-38)12-17-9-10-33-28(17)40/h6-8,13,16-17,19,21,23,26-27,34,38H,9-12,14-15H2,1-5H3,(H,33,40)(H,35,42)(H,36,41)/t17-,19-,21-,23?,26-,27-/m0/s1. The van der Waals surface area contributed by atoms with Crippen LogP contribution < -0.4 is 20.7 Å². The summed E-state index contributed by atoms with van der Waals surface area (Å²) in [5.41, 5.74) is 0.829. The van der Waals surface area contributed by atoms with Crippen LogP contribution in [0.25, 0.3) is 10.9 Å². The molecular weight excluding hydrogens is 566 g/mol. The van der Waals surface area contributed by atoms with Crippen LogP contribution in [0.4, 0.5) is 0 Å². The fourth-order valence-corrected chi connectivity index (χ4v) is 7.16. The summed E-state index contributed by atoms with van der Waals surface area (Å²) in [5.74, 6) is -1.85. The molecule has 3 aliphatic rings. The van der Waals surface area contributed by atoms with Gasteiger partial charge in [-0.15, -0.1) is 0 Å². The lowest BCUT2D eigenvalue weighted by Gasteiger charge is -2.34. The molecule has 0 spiro atoms. The Kier molecular flexibility index (Phi) is 8.75. The minimum atomic E-state index is -1.05. The molecule has 2 saturated heterocycles. The monoisotopic (exact) mass is 609 g/mol. The maximum absolute atomic E-state index is 14.2. The van der Waals surface area contributed by atoms with Crippen molar-refractivity contribution in [2.75, 3.05) is 26.8 Å². The summed E-state index contributed by atoms with van der Waals surface area (Å²) in [5, 5.41) is 18.8. The highest BCUT2D eigenvalue weighted by atomic mass is 16.5. The second-order valence-electron chi connectivity index (χ2n) is 13.3. The van der Waals surface area contributed by atoms with Crippen LogP contribution in [0.2, 0.25) is 0 Å². The van der Waals surface area contributed by atoms with Crippen molar-refractivity contribution in [3.63, 3.8) is 0 Å². The van der Waals surface area contributed by atoms with Crippen LogP contribution in [0.1, 0.15) is 57.4 Å². The highest BCUT2D eigenvalue weighted by Gasteiger charge is 2.69. The van der Waals surface area contributed by atoms with Crippen molar-refractivity contribution in [3.05, 3.63) is 30.0 Å². The highest BCUT2D eigenvalue weighted by Crippen LogP contribution is 2.65. The Morgan fingerprint density at radius 2 is 1.91 bits per heavy atom. The smallest absolute Gasteiger partial charge is 0.268 e. The van der Waals surface area contributed by atoms with Crippen molar-refractivity contribution < 1.29 is 33.8 Å². The van der Waals surface area contributed by atoms with Gasteiger partial charge in [0.25, 0.3) is 5.91 Å². The van der Waals surface area contributed by atoms with E-state index in [1.54, 1.807) is 24.1 Å². The Labute approximate surface area is 256 Å². The predicted octanol–water partition coefficient (Wildman–Crippen LogP) is 1.38. The average Bonchev–Trinajstić information content (AvgIpc) is 3.50. The van der Waals surface area contributed by atoms with Gasteiger partial charge in [-0.25, -0.2) is 0 Å². The second kappa shape index (κ2) is 12.2. The van der Waals surface area contributed by atoms with Crippen LogP contribution in [0.15, 0.2) is 24.3 Å². The van der Waals surface area contributed by atoms with Gasteiger partial charge >= 0.3 is 0 Å². The number of methoxy groups -OCH3 is 1. The van der Waals surface area contributed by atoms with Crippen LogP contribution in [0.3, 0.4) is 0 Å². The second-order valence-corrected chi connectivity index (χ2v) is 13.3. The number of aromatic amines is 1. The third kappa shape index (κ3) is 5.91. The number of piperidine rings is 1. The van der Waals surface area contributed by atoms with E-state index >= 15 is 0 Å². The van der Waals surface area contributed by atoms with Gasteiger partial charge in [-0.05, 0) is 60.6 Å². The average molecular weight is 610 g/mol. The Morgan fingerprint density at radius 1 is 1.16 bits per heavy atom. The lowest BCUT2D eigenvalue weighted by atomic mass is 9.94. The third-order valence-corrected chi connectivity index (χ3v) is 9.70. The fourth-order valence-electron chi connectivity index (χ4n) is 7.16. The van der Waals surface area contributed by atoms with Crippen molar-refractivity contribution in [2.24, 2.45) is 29.1 Å². The lowest BCUT2D eigenvalue weighted by molar-refractivity contribution is -0.143. The van der Waals surface area contributed by atoms with Crippen LogP contribution in [0.5, 0.6) is 5.75 Å². The zero-order chi connectivity index (χ0) is 31.9. The number of fused-ring (bicyclic) bond motifs is 2. The minimum absolute atomic E-state index is 0.0667. The van der Waals surface area contributed by atoms with Crippen LogP contribution in [0, 0.1) is 29.1 Å².